The van der Waals surface area contributed by atoms with Gasteiger partial charge in [-0.3, -0.25) is 9.59 Å². The van der Waals surface area contributed by atoms with Crippen LogP contribution in [0.1, 0.15) is 37.5 Å². The van der Waals surface area contributed by atoms with Crippen molar-refractivity contribution in [2.45, 2.75) is 6.42 Å². The predicted molar refractivity (Wildman–Crippen MR) is 140 cm³/mol. The minimum Gasteiger partial charge on any atom is -0.423 e. The Morgan fingerprint density at radius 3 is 2.18 bits per heavy atom. The van der Waals surface area contributed by atoms with Crippen molar-refractivity contribution < 1.29 is 28.7 Å². The van der Waals surface area contributed by atoms with Crippen molar-refractivity contribution >= 4 is 40.2 Å². The van der Waals surface area contributed by atoms with Crippen molar-refractivity contribution in [1.29, 1.82) is 0 Å². The molecule has 0 fully saturated rings. The quantitative estimate of drug-likeness (QED) is 0.199. The average molecular weight is 501 g/mol. The molecule has 0 spiro atoms. The summed E-state index contributed by atoms with van der Waals surface area (Å²) in [6.07, 6.45) is 6.01. The summed E-state index contributed by atoms with van der Waals surface area (Å²) < 4.78 is 11.0. The summed E-state index contributed by atoms with van der Waals surface area (Å²) in [4.78, 5) is 53.0. The molecule has 1 heterocycles. The van der Waals surface area contributed by atoms with Crippen molar-refractivity contribution in [3.8, 4) is 11.5 Å². The van der Waals surface area contributed by atoms with Crippen LogP contribution in [0.3, 0.4) is 0 Å². The highest BCUT2D eigenvalue weighted by Gasteiger charge is 2.34. The van der Waals surface area contributed by atoms with E-state index >= 15 is 0 Å². The van der Waals surface area contributed by atoms with Gasteiger partial charge in [0.15, 0.2) is 0 Å². The molecule has 0 radical (unpaired) electrons. The third-order valence-electron chi connectivity index (χ3n) is 6.35. The van der Waals surface area contributed by atoms with E-state index in [9.17, 15) is 19.2 Å². The predicted octanol–water partition coefficient (Wildman–Crippen LogP) is 5.65. The molecule has 0 saturated carbocycles. The molecule has 0 aromatic heterocycles. The molecule has 0 N–H and O–H groups in total. The maximum absolute atomic E-state index is 13.6. The Hall–Kier alpha value is -5.30. The summed E-state index contributed by atoms with van der Waals surface area (Å²) in [5.74, 6) is -1.59. The summed E-state index contributed by atoms with van der Waals surface area (Å²) in [7, 11) is 0. The number of ether oxygens (including phenoxy) is 2. The fourth-order valence-corrected chi connectivity index (χ4v) is 4.55. The van der Waals surface area contributed by atoms with Gasteiger partial charge in [-0.1, -0.05) is 48.6 Å². The molecule has 1 aliphatic heterocycles. The lowest BCUT2D eigenvalue weighted by Crippen LogP contribution is -2.40. The zero-order valence-electron chi connectivity index (χ0n) is 19.9. The SMILES string of the molecule is O=C(Oc1ccc(N2C(=O)c3cccc4cc(OC(=O)c5ccccc5)cc(c34)C2=O)cc1)C1=CCC=C1. The van der Waals surface area contributed by atoms with Gasteiger partial charge in [0, 0.05) is 10.9 Å². The highest BCUT2D eigenvalue weighted by molar-refractivity contribution is 6.36. The first-order chi connectivity index (χ1) is 18.5. The number of hydrogen-bond donors (Lipinski definition) is 0. The lowest BCUT2D eigenvalue weighted by atomic mass is 9.93. The number of benzene rings is 4. The second kappa shape index (κ2) is 9.29. The van der Waals surface area contributed by atoms with E-state index in [1.54, 1.807) is 78.9 Å². The Morgan fingerprint density at radius 2 is 1.45 bits per heavy atom. The van der Waals surface area contributed by atoms with E-state index in [0.717, 1.165) is 4.90 Å². The molecular formula is C31H19NO6. The van der Waals surface area contributed by atoms with Gasteiger partial charge < -0.3 is 9.47 Å². The molecule has 0 unspecified atom stereocenters. The van der Waals surface area contributed by atoms with Crippen molar-refractivity contribution in [2.24, 2.45) is 0 Å². The number of nitrogens with zero attached hydrogens (tertiary/aromatic N) is 1. The van der Waals surface area contributed by atoms with Gasteiger partial charge in [0.25, 0.3) is 11.8 Å². The summed E-state index contributed by atoms with van der Waals surface area (Å²) in [6.45, 7) is 0. The van der Waals surface area contributed by atoms with Gasteiger partial charge in [-0.05, 0) is 66.4 Å². The molecule has 1 aliphatic carbocycles. The van der Waals surface area contributed by atoms with E-state index < -0.39 is 23.8 Å². The standard InChI is InChI=1S/C31H19NO6/c33-28-25-12-6-11-21-17-24(38-31(36)19-7-2-1-3-8-19)18-26(27(21)25)29(34)32(28)22-13-15-23(16-14-22)37-30(35)20-9-4-5-10-20/h1-4,6-18H,5H2. The van der Waals surface area contributed by atoms with Gasteiger partial charge in [-0.2, -0.15) is 0 Å². The van der Waals surface area contributed by atoms with E-state index in [0.29, 0.717) is 39.6 Å². The molecule has 0 atom stereocenters. The van der Waals surface area contributed by atoms with Gasteiger partial charge >= 0.3 is 11.9 Å². The largest absolute Gasteiger partial charge is 0.423 e. The average Bonchev–Trinajstić information content (AvgIpc) is 3.48. The highest BCUT2D eigenvalue weighted by Crippen LogP contribution is 2.36. The van der Waals surface area contributed by atoms with Crippen molar-refractivity contribution in [3.63, 3.8) is 0 Å². The molecular weight excluding hydrogens is 482 g/mol. The smallest absolute Gasteiger partial charge is 0.343 e. The van der Waals surface area contributed by atoms with Crippen LogP contribution in [0.2, 0.25) is 0 Å². The van der Waals surface area contributed by atoms with Crippen LogP contribution < -0.4 is 14.4 Å². The molecule has 2 aliphatic rings. The minimum absolute atomic E-state index is 0.193. The molecule has 0 bridgehead atoms. The van der Waals surface area contributed by atoms with Crippen LogP contribution in [0.5, 0.6) is 11.5 Å². The third-order valence-corrected chi connectivity index (χ3v) is 6.35. The Morgan fingerprint density at radius 1 is 0.711 bits per heavy atom. The topological polar surface area (TPSA) is 90.0 Å². The van der Waals surface area contributed by atoms with Crippen LogP contribution in [0.4, 0.5) is 5.69 Å². The monoisotopic (exact) mass is 501 g/mol. The van der Waals surface area contributed by atoms with Crippen molar-refractivity contribution in [2.75, 3.05) is 4.90 Å². The number of imide groups is 1. The van der Waals surface area contributed by atoms with Crippen LogP contribution in [0.25, 0.3) is 10.8 Å². The molecule has 184 valence electrons. The number of allylic oxidation sites excluding steroid dienone is 2. The van der Waals surface area contributed by atoms with Crippen LogP contribution in [-0.4, -0.2) is 23.8 Å². The van der Waals surface area contributed by atoms with Crippen LogP contribution in [0, 0.1) is 0 Å². The first kappa shape index (κ1) is 23.1. The van der Waals surface area contributed by atoms with Crippen molar-refractivity contribution in [3.05, 3.63) is 125 Å². The molecule has 7 nitrogen and oxygen atoms in total. The number of anilines is 1. The number of amides is 2. The maximum atomic E-state index is 13.6. The molecule has 7 heteroatoms. The Kier molecular flexibility index (Phi) is 5.65. The fraction of sp³-hybridized carbons (Fsp3) is 0.0323. The number of carbonyl (C=O) groups is 4. The second-order valence-electron chi connectivity index (χ2n) is 8.76. The van der Waals surface area contributed by atoms with Gasteiger partial charge in [0.05, 0.1) is 22.4 Å². The Balaban J connectivity index is 1.32. The maximum Gasteiger partial charge on any atom is 0.343 e. The van der Waals surface area contributed by atoms with E-state index in [1.807, 2.05) is 6.08 Å². The van der Waals surface area contributed by atoms with Gasteiger partial charge in [-0.25, -0.2) is 14.5 Å². The summed E-state index contributed by atoms with van der Waals surface area (Å²) in [5, 5.41) is 1.11. The zero-order chi connectivity index (χ0) is 26.2. The first-order valence-electron chi connectivity index (χ1n) is 11.9. The number of esters is 2. The summed E-state index contributed by atoms with van der Waals surface area (Å²) >= 11 is 0. The number of carbonyl (C=O) groups excluding carboxylic acids is 4. The normalized spacial score (nSPS) is 14.0. The Labute approximate surface area is 217 Å². The third kappa shape index (κ3) is 4.06. The highest BCUT2D eigenvalue weighted by atomic mass is 16.5. The van der Waals surface area contributed by atoms with Crippen LogP contribution in [0.15, 0.2) is 109 Å². The van der Waals surface area contributed by atoms with Crippen LogP contribution in [-0.2, 0) is 4.79 Å². The fourth-order valence-electron chi connectivity index (χ4n) is 4.55. The lowest BCUT2D eigenvalue weighted by Gasteiger charge is -2.27. The van der Waals surface area contributed by atoms with Crippen LogP contribution >= 0.6 is 0 Å². The number of hydrogen-bond acceptors (Lipinski definition) is 6. The number of rotatable bonds is 5. The molecule has 2 amide bonds. The van der Waals surface area contributed by atoms with Gasteiger partial charge in [-0.15, -0.1) is 0 Å². The van der Waals surface area contributed by atoms with Gasteiger partial charge in [0.2, 0.25) is 0 Å². The molecule has 0 saturated heterocycles. The van der Waals surface area contributed by atoms with E-state index in [4.69, 9.17) is 9.47 Å². The first-order valence-corrected chi connectivity index (χ1v) is 11.9. The molecule has 6 rings (SSSR count). The van der Waals surface area contributed by atoms with E-state index in [-0.39, 0.29) is 17.1 Å². The van der Waals surface area contributed by atoms with Crippen molar-refractivity contribution in [1.82, 2.24) is 0 Å². The molecule has 4 aromatic rings. The van der Waals surface area contributed by atoms with E-state index in [2.05, 4.69) is 0 Å². The Bertz CT molecular complexity index is 1700. The van der Waals surface area contributed by atoms with Gasteiger partial charge in [0.1, 0.15) is 11.5 Å². The zero-order valence-corrected chi connectivity index (χ0v) is 19.9. The summed E-state index contributed by atoms with van der Waals surface area (Å²) in [6, 6.07) is 22.9. The lowest BCUT2D eigenvalue weighted by molar-refractivity contribution is -0.129. The molecule has 38 heavy (non-hydrogen) atoms. The minimum atomic E-state index is -0.557. The summed E-state index contributed by atoms with van der Waals surface area (Å²) in [5.41, 5.74) is 1.76. The van der Waals surface area contributed by atoms with E-state index in [1.165, 1.54) is 18.2 Å². The second-order valence-corrected chi connectivity index (χ2v) is 8.76. The molecule has 4 aromatic carbocycles.